The van der Waals surface area contributed by atoms with Gasteiger partial charge in [-0.15, -0.1) is 0 Å². The van der Waals surface area contributed by atoms with E-state index >= 15 is 0 Å². The second-order valence-corrected chi connectivity index (χ2v) is 4.02. The van der Waals surface area contributed by atoms with Crippen molar-refractivity contribution < 1.29 is 19.4 Å². The molecule has 4 nitrogen and oxygen atoms in total. The van der Waals surface area contributed by atoms with Gasteiger partial charge in [0.25, 0.3) is 5.78 Å². The van der Waals surface area contributed by atoms with Crippen molar-refractivity contribution in [3.63, 3.8) is 0 Å². The summed E-state index contributed by atoms with van der Waals surface area (Å²) in [4.78, 5) is 23.0. The van der Waals surface area contributed by atoms with E-state index in [-0.39, 0.29) is 23.8 Å². The van der Waals surface area contributed by atoms with E-state index in [0.29, 0.717) is 0 Å². The maximum absolute atomic E-state index is 11.7. The van der Waals surface area contributed by atoms with E-state index in [9.17, 15) is 14.7 Å². The summed E-state index contributed by atoms with van der Waals surface area (Å²) in [6.45, 7) is 5.66. The average Bonchev–Trinajstić information content (AvgIpc) is 2.27. The predicted octanol–water partition coefficient (Wildman–Crippen LogP) is 2.26. The Morgan fingerprint density at radius 1 is 1.29 bits per heavy atom. The molecule has 1 aromatic carbocycles. The Bertz CT molecular complexity index is 435. The van der Waals surface area contributed by atoms with E-state index in [0.717, 1.165) is 5.56 Å². The summed E-state index contributed by atoms with van der Waals surface area (Å²) in [5.41, 5.74) is 0.963. The number of ketones is 1. The summed E-state index contributed by atoms with van der Waals surface area (Å²) in [6.07, 6.45) is 0. The van der Waals surface area contributed by atoms with Crippen LogP contribution in [0.2, 0.25) is 0 Å². The number of benzene rings is 1. The van der Waals surface area contributed by atoms with Gasteiger partial charge in [-0.2, -0.15) is 0 Å². The highest BCUT2D eigenvalue weighted by atomic mass is 16.5. The lowest BCUT2D eigenvalue weighted by Crippen LogP contribution is -2.17. The summed E-state index contributed by atoms with van der Waals surface area (Å²) < 4.78 is 4.63. The third-order valence-electron chi connectivity index (χ3n) is 2.33. The monoisotopic (exact) mass is 236 g/mol. The number of aromatic hydroxyl groups is 1. The number of carbonyl (C=O) groups is 2. The number of hydrogen-bond acceptors (Lipinski definition) is 4. The van der Waals surface area contributed by atoms with Crippen LogP contribution < -0.4 is 0 Å². The van der Waals surface area contributed by atoms with Gasteiger partial charge in [0, 0.05) is 5.56 Å². The van der Waals surface area contributed by atoms with Crippen molar-refractivity contribution in [1.82, 2.24) is 0 Å². The number of hydrogen-bond donors (Lipinski definition) is 1. The topological polar surface area (TPSA) is 63.6 Å². The van der Waals surface area contributed by atoms with E-state index < -0.39 is 11.8 Å². The molecule has 92 valence electrons. The Morgan fingerprint density at radius 2 is 1.94 bits per heavy atom. The number of esters is 1. The molecule has 0 saturated heterocycles. The maximum atomic E-state index is 11.7. The van der Waals surface area contributed by atoms with Crippen LogP contribution in [0.25, 0.3) is 0 Å². The van der Waals surface area contributed by atoms with Gasteiger partial charge in [-0.3, -0.25) is 4.79 Å². The Kier molecular flexibility index (Phi) is 4.26. The first-order valence-electron chi connectivity index (χ1n) is 5.51. The summed E-state index contributed by atoms with van der Waals surface area (Å²) in [7, 11) is 0. The lowest BCUT2D eigenvalue weighted by atomic mass is 9.99. The highest BCUT2D eigenvalue weighted by Gasteiger charge is 2.19. The highest BCUT2D eigenvalue weighted by molar-refractivity contribution is 6.40. The highest BCUT2D eigenvalue weighted by Crippen LogP contribution is 2.22. The van der Waals surface area contributed by atoms with Crippen LogP contribution in [0.1, 0.15) is 42.6 Å². The van der Waals surface area contributed by atoms with E-state index in [2.05, 4.69) is 4.74 Å². The van der Waals surface area contributed by atoms with Crippen LogP contribution in [-0.2, 0) is 9.53 Å². The Morgan fingerprint density at radius 3 is 2.47 bits per heavy atom. The van der Waals surface area contributed by atoms with Gasteiger partial charge in [0.05, 0.1) is 6.61 Å². The number of rotatable bonds is 4. The van der Waals surface area contributed by atoms with Crippen molar-refractivity contribution in [3.8, 4) is 5.75 Å². The van der Waals surface area contributed by atoms with Crippen molar-refractivity contribution in [3.05, 3.63) is 29.3 Å². The fourth-order valence-corrected chi connectivity index (χ4v) is 1.41. The normalized spacial score (nSPS) is 10.4. The molecule has 0 unspecified atom stereocenters. The molecule has 0 spiro atoms. The molecule has 0 aliphatic heterocycles. The van der Waals surface area contributed by atoms with Crippen LogP contribution in [-0.4, -0.2) is 23.5 Å². The molecule has 17 heavy (non-hydrogen) atoms. The van der Waals surface area contributed by atoms with Crippen LogP contribution >= 0.6 is 0 Å². The third-order valence-corrected chi connectivity index (χ3v) is 2.33. The molecule has 0 amide bonds. The van der Waals surface area contributed by atoms with Crippen molar-refractivity contribution in [1.29, 1.82) is 0 Å². The molecule has 0 heterocycles. The largest absolute Gasteiger partial charge is 0.508 e. The Hall–Kier alpha value is -1.84. The van der Waals surface area contributed by atoms with E-state index in [1.165, 1.54) is 6.07 Å². The zero-order valence-corrected chi connectivity index (χ0v) is 10.2. The van der Waals surface area contributed by atoms with E-state index in [1.807, 2.05) is 13.8 Å². The van der Waals surface area contributed by atoms with E-state index in [4.69, 9.17) is 0 Å². The van der Waals surface area contributed by atoms with E-state index in [1.54, 1.807) is 19.1 Å². The zero-order chi connectivity index (χ0) is 13.0. The average molecular weight is 236 g/mol. The molecule has 1 N–H and O–H groups in total. The Balaban J connectivity index is 3.05. The first-order valence-corrected chi connectivity index (χ1v) is 5.51. The smallest absolute Gasteiger partial charge is 0.379 e. The molecule has 0 bridgehead atoms. The Labute approximate surface area is 100 Å². The van der Waals surface area contributed by atoms with Gasteiger partial charge < -0.3 is 9.84 Å². The van der Waals surface area contributed by atoms with Gasteiger partial charge in [0.15, 0.2) is 0 Å². The van der Waals surface area contributed by atoms with Gasteiger partial charge in [-0.25, -0.2) is 4.79 Å². The number of ether oxygens (including phenoxy) is 1. The third kappa shape index (κ3) is 3.31. The van der Waals surface area contributed by atoms with Crippen LogP contribution in [0.15, 0.2) is 18.2 Å². The molecule has 0 radical (unpaired) electrons. The molecule has 4 heteroatoms. The first-order chi connectivity index (χ1) is 7.95. The van der Waals surface area contributed by atoms with Gasteiger partial charge in [-0.1, -0.05) is 13.8 Å². The van der Waals surface area contributed by atoms with Crippen molar-refractivity contribution in [2.75, 3.05) is 6.61 Å². The molecule has 0 aromatic heterocycles. The van der Waals surface area contributed by atoms with Crippen LogP contribution in [0, 0.1) is 0 Å². The summed E-state index contributed by atoms with van der Waals surface area (Å²) >= 11 is 0. The van der Waals surface area contributed by atoms with Crippen molar-refractivity contribution >= 4 is 11.8 Å². The maximum Gasteiger partial charge on any atom is 0.379 e. The fourth-order valence-electron chi connectivity index (χ4n) is 1.41. The number of carbonyl (C=O) groups excluding carboxylic acids is 2. The molecular weight excluding hydrogens is 220 g/mol. The molecule has 1 aromatic rings. The SMILES string of the molecule is CCOC(=O)C(=O)c1cc(O)cc(C(C)C)c1. The van der Waals surface area contributed by atoms with Gasteiger partial charge in [-0.05, 0) is 36.6 Å². The lowest BCUT2D eigenvalue weighted by molar-refractivity contribution is -0.137. The number of phenolic OH excluding ortho intramolecular Hbond substituents is 1. The first kappa shape index (κ1) is 13.2. The molecule has 0 fully saturated rings. The minimum atomic E-state index is -0.896. The van der Waals surface area contributed by atoms with Crippen LogP contribution in [0.5, 0.6) is 5.75 Å². The van der Waals surface area contributed by atoms with Gasteiger partial charge >= 0.3 is 5.97 Å². The molecule has 1 rings (SSSR count). The summed E-state index contributed by atoms with van der Waals surface area (Å²) in [5, 5.41) is 9.50. The van der Waals surface area contributed by atoms with Gasteiger partial charge in [0.1, 0.15) is 5.75 Å². The predicted molar refractivity (Wildman–Crippen MR) is 63.2 cm³/mol. The molecule has 0 aliphatic rings. The second kappa shape index (κ2) is 5.48. The van der Waals surface area contributed by atoms with Crippen molar-refractivity contribution in [2.45, 2.75) is 26.7 Å². The van der Waals surface area contributed by atoms with Crippen LogP contribution in [0.4, 0.5) is 0 Å². The zero-order valence-electron chi connectivity index (χ0n) is 10.2. The lowest BCUT2D eigenvalue weighted by Gasteiger charge is -2.08. The summed E-state index contributed by atoms with van der Waals surface area (Å²) in [6, 6.07) is 4.45. The molecule has 0 saturated carbocycles. The minimum absolute atomic E-state index is 0.0242. The van der Waals surface area contributed by atoms with Gasteiger partial charge in [0.2, 0.25) is 0 Å². The number of Topliss-reactive ketones (excluding diaryl/α,β-unsaturated/α-hetero) is 1. The molecule has 0 atom stereocenters. The molecular formula is C13H16O4. The van der Waals surface area contributed by atoms with Crippen LogP contribution in [0.3, 0.4) is 0 Å². The minimum Gasteiger partial charge on any atom is -0.508 e. The molecule has 0 aliphatic carbocycles. The fraction of sp³-hybridized carbons (Fsp3) is 0.385. The standard InChI is InChI=1S/C13H16O4/c1-4-17-13(16)12(15)10-5-9(8(2)3)6-11(14)7-10/h5-8,14H,4H2,1-3H3. The number of phenols is 1. The summed E-state index contributed by atoms with van der Waals surface area (Å²) in [5.74, 6) is -1.49. The second-order valence-electron chi connectivity index (χ2n) is 4.02. The van der Waals surface area contributed by atoms with Crippen molar-refractivity contribution in [2.24, 2.45) is 0 Å². The quantitative estimate of drug-likeness (QED) is 0.495.